The molecule has 9 nitrogen and oxygen atoms in total. The van der Waals surface area contributed by atoms with Crippen LogP contribution >= 0.6 is 0 Å². The van der Waals surface area contributed by atoms with E-state index in [1.165, 1.54) is 24.3 Å². The van der Waals surface area contributed by atoms with Crippen molar-refractivity contribution in [3.8, 4) is 11.3 Å². The molecule has 1 amide bonds. The van der Waals surface area contributed by atoms with E-state index < -0.39 is 10.9 Å². The first-order valence-electron chi connectivity index (χ1n) is 9.94. The molecule has 166 valence electrons. The largest absolute Gasteiger partial charge is 0.465 e. The Labute approximate surface area is 188 Å². The molecule has 0 radical (unpaired) electrons. The molecule has 0 fully saturated rings. The maximum Gasteiger partial charge on any atom is 0.337 e. The van der Waals surface area contributed by atoms with Crippen LogP contribution in [-0.4, -0.2) is 29.6 Å². The summed E-state index contributed by atoms with van der Waals surface area (Å²) in [5.74, 6) is 0.0556. The monoisotopic (exact) mass is 445 g/mol. The van der Waals surface area contributed by atoms with Crippen molar-refractivity contribution in [2.45, 2.75) is 13.8 Å². The highest BCUT2D eigenvalue weighted by Crippen LogP contribution is 2.31. The Balaban J connectivity index is 1.60. The summed E-state index contributed by atoms with van der Waals surface area (Å²) in [7, 11) is 1.30. The number of hydrazone groups is 1. The van der Waals surface area contributed by atoms with Crippen molar-refractivity contribution >= 4 is 35.0 Å². The van der Waals surface area contributed by atoms with Crippen LogP contribution in [0.3, 0.4) is 0 Å². The Morgan fingerprint density at radius 3 is 2.52 bits per heavy atom. The van der Waals surface area contributed by atoms with Gasteiger partial charge in [-0.05, 0) is 61.9 Å². The molecule has 1 aliphatic heterocycles. The highest BCUT2D eigenvalue weighted by Gasteiger charge is 2.29. The lowest BCUT2D eigenvalue weighted by atomic mass is 10.1. The van der Waals surface area contributed by atoms with Crippen molar-refractivity contribution < 1.29 is 23.7 Å². The first kappa shape index (κ1) is 21.7. The smallest absolute Gasteiger partial charge is 0.337 e. The van der Waals surface area contributed by atoms with Crippen molar-refractivity contribution in [2.24, 2.45) is 5.10 Å². The number of anilines is 1. The quantitative estimate of drug-likeness (QED) is 0.242. The summed E-state index contributed by atoms with van der Waals surface area (Å²) < 4.78 is 10.5. The van der Waals surface area contributed by atoms with Gasteiger partial charge in [0.05, 0.1) is 34.6 Å². The Morgan fingerprint density at radius 1 is 1.12 bits per heavy atom. The van der Waals surface area contributed by atoms with Crippen LogP contribution in [0.25, 0.3) is 17.4 Å². The number of amides is 1. The number of benzene rings is 2. The number of methoxy groups -OCH3 is 1. The minimum atomic E-state index is -0.470. The first-order chi connectivity index (χ1) is 15.8. The van der Waals surface area contributed by atoms with Crippen LogP contribution in [0.2, 0.25) is 0 Å². The van der Waals surface area contributed by atoms with Gasteiger partial charge in [0.25, 0.3) is 11.6 Å². The molecule has 0 unspecified atom stereocenters. The topological polar surface area (TPSA) is 115 Å². The van der Waals surface area contributed by atoms with Crippen molar-refractivity contribution in [1.82, 2.24) is 0 Å². The molecule has 0 bridgehead atoms. The summed E-state index contributed by atoms with van der Waals surface area (Å²) in [4.78, 5) is 35.2. The molecular weight excluding hydrogens is 426 g/mol. The molecule has 1 aromatic heterocycles. The van der Waals surface area contributed by atoms with E-state index in [1.54, 1.807) is 55.5 Å². The minimum Gasteiger partial charge on any atom is -0.465 e. The van der Waals surface area contributed by atoms with E-state index in [0.29, 0.717) is 39.6 Å². The highest BCUT2D eigenvalue weighted by atomic mass is 16.6. The number of non-ortho nitro benzene ring substituents is 1. The number of ether oxygens (including phenoxy) is 1. The Bertz CT molecular complexity index is 1330. The number of esters is 1. The van der Waals surface area contributed by atoms with Gasteiger partial charge in [0.2, 0.25) is 0 Å². The van der Waals surface area contributed by atoms with E-state index >= 15 is 0 Å². The van der Waals surface area contributed by atoms with Gasteiger partial charge in [-0.2, -0.15) is 10.1 Å². The van der Waals surface area contributed by atoms with E-state index in [2.05, 4.69) is 9.84 Å². The van der Waals surface area contributed by atoms with Crippen molar-refractivity contribution in [1.29, 1.82) is 0 Å². The summed E-state index contributed by atoms with van der Waals surface area (Å²) in [5.41, 5.74) is 3.11. The average molecular weight is 445 g/mol. The van der Waals surface area contributed by atoms with Crippen LogP contribution in [0.1, 0.15) is 28.6 Å². The molecule has 33 heavy (non-hydrogen) atoms. The standard InChI is InChI=1S/C24H19N3O6/c1-14-4-7-18(27(30)31)12-20(14)22-11-10-19(33-22)13-21-15(2)25-26(23(21)28)17-8-5-16(6-9-17)24(29)32-3/h4-13H,1-3H3/b21-13-. The fraction of sp³-hybridized carbons (Fsp3) is 0.125. The molecule has 0 N–H and O–H groups in total. The molecule has 2 aromatic carbocycles. The van der Waals surface area contributed by atoms with Crippen LogP contribution in [-0.2, 0) is 9.53 Å². The molecular formula is C24H19N3O6. The zero-order chi connectivity index (χ0) is 23.7. The van der Waals surface area contributed by atoms with Crippen LogP contribution < -0.4 is 5.01 Å². The van der Waals surface area contributed by atoms with E-state index in [1.807, 2.05) is 6.92 Å². The number of hydrogen-bond donors (Lipinski definition) is 0. The molecule has 0 saturated carbocycles. The Hall–Kier alpha value is -4.53. The van der Waals surface area contributed by atoms with Crippen LogP contribution in [0.15, 0.2) is 69.7 Å². The van der Waals surface area contributed by atoms with E-state index in [9.17, 15) is 19.7 Å². The molecule has 0 atom stereocenters. The first-order valence-corrected chi connectivity index (χ1v) is 9.94. The lowest BCUT2D eigenvalue weighted by Gasteiger charge is -2.12. The molecule has 1 aliphatic rings. The fourth-order valence-corrected chi connectivity index (χ4v) is 3.42. The van der Waals surface area contributed by atoms with Gasteiger partial charge in [-0.3, -0.25) is 14.9 Å². The van der Waals surface area contributed by atoms with Gasteiger partial charge in [0, 0.05) is 17.7 Å². The maximum atomic E-state index is 13.0. The number of carbonyl (C=O) groups is 2. The second-order valence-corrected chi connectivity index (χ2v) is 7.36. The van der Waals surface area contributed by atoms with Crippen LogP contribution in [0.5, 0.6) is 0 Å². The lowest BCUT2D eigenvalue weighted by Crippen LogP contribution is -2.21. The van der Waals surface area contributed by atoms with Gasteiger partial charge in [-0.1, -0.05) is 6.07 Å². The van der Waals surface area contributed by atoms with Gasteiger partial charge in [0.15, 0.2) is 0 Å². The second kappa shape index (κ2) is 8.54. The lowest BCUT2D eigenvalue weighted by molar-refractivity contribution is -0.384. The summed E-state index contributed by atoms with van der Waals surface area (Å²) >= 11 is 0. The summed E-state index contributed by atoms with van der Waals surface area (Å²) in [6.45, 7) is 3.54. The second-order valence-electron chi connectivity index (χ2n) is 7.36. The van der Waals surface area contributed by atoms with Crippen LogP contribution in [0, 0.1) is 17.0 Å². The number of rotatable bonds is 5. The highest BCUT2D eigenvalue weighted by molar-refractivity contribution is 6.32. The molecule has 2 heterocycles. The molecule has 4 rings (SSSR count). The zero-order valence-electron chi connectivity index (χ0n) is 18.1. The average Bonchev–Trinajstić information content (AvgIpc) is 3.39. The van der Waals surface area contributed by atoms with Crippen molar-refractivity contribution in [2.75, 3.05) is 12.1 Å². The number of hydrogen-bond acceptors (Lipinski definition) is 7. The molecule has 0 spiro atoms. The van der Waals surface area contributed by atoms with Crippen molar-refractivity contribution in [3.63, 3.8) is 0 Å². The normalized spacial score (nSPS) is 14.5. The molecule has 0 aliphatic carbocycles. The number of furan rings is 1. The van der Waals surface area contributed by atoms with E-state index in [4.69, 9.17) is 4.42 Å². The summed E-state index contributed by atoms with van der Waals surface area (Å²) in [6.07, 6.45) is 1.58. The fourth-order valence-electron chi connectivity index (χ4n) is 3.42. The van der Waals surface area contributed by atoms with E-state index in [-0.39, 0.29) is 11.6 Å². The van der Waals surface area contributed by atoms with Gasteiger partial charge >= 0.3 is 5.97 Å². The Kier molecular flexibility index (Phi) is 5.61. The van der Waals surface area contributed by atoms with Crippen molar-refractivity contribution in [3.05, 3.63) is 87.2 Å². The summed E-state index contributed by atoms with van der Waals surface area (Å²) in [6, 6.07) is 14.3. The van der Waals surface area contributed by atoms with Gasteiger partial charge in [-0.25, -0.2) is 4.79 Å². The van der Waals surface area contributed by atoms with Gasteiger partial charge < -0.3 is 9.15 Å². The van der Waals surface area contributed by atoms with Gasteiger partial charge in [0.1, 0.15) is 11.5 Å². The third kappa shape index (κ3) is 4.16. The summed E-state index contributed by atoms with van der Waals surface area (Å²) in [5, 5.41) is 16.7. The Morgan fingerprint density at radius 2 is 1.85 bits per heavy atom. The number of nitrogens with zero attached hydrogens (tertiary/aromatic N) is 3. The number of nitro groups is 1. The minimum absolute atomic E-state index is 0.0327. The predicted octanol–water partition coefficient (Wildman–Crippen LogP) is 4.76. The predicted molar refractivity (Wildman–Crippen MR) is 122 cm³/mol. The maximum absolute atomic E-state index is 13.0. The van der Waals surface area contributed by atoms with Crippen LogP contribution in [0.4, 0.5) is 11.4 Å². The SMILES string of the molecule is COC(=O)c1ccc(N2N=C(C)/C(=C/c3ccc(-c4cc([N+](=O)[O-])ccc4C)o3)C2=O)cc1. The molecule has 9 heteroatoms. The molecule has 0 saturated heterocycles. The third-order valence-corrected chi connectivity index (χ3v) is 5.21. The number of aryl methyl sites for hydroxylation is 1. The van der Waals surface area contributed by atoms with Gasteiger partial charge in [-0.15, -0.1) is 0 Å². The number of carbonyl (C=O) groups excluding carboxylic acids is 2. The number of nitro benzene ring substituents is 1. The molecule has 3 aromatic rings. The van der Waals surface area contributed by atoms with E-state index in [0.717, 1.165) is 5.56 Å². The zero-order valence-corrected chi connectivity index (χ0v) is 18.1. The third-order valence-electron chi connectivity index (χ3n) is 5.21.